The van der Waals surface area contributed by atoms with Gasteiger partial charge in [0.15, 0.2) is 11.5 Å². The standard InChI is InChI=1S/C19H22O4/c1-12(2)23-15-7-5-14(6-8-15)13(3)16-9-18-19(22-11-21-18)10-17(16)20-4/h5-10,12-13H,11H2,1-4H3/t13-/m1/s1. The fraction of sp³-hybridized carbons (Fsp3) is 0.368. The summed E-state index contributed by atoms with van der Waals surface area (Å²) in [4.78, 5) is 0. The van der Waals surface area contributed by atoms with Gasteiger partial charge in [0.25, 0.3) is 0 Å². The van der Waals surface area contributed by atoms with Crippen molar-refractivity contribution in [3.63, 3.8) is 0 Å². The first-order valence-electron chi connectivity index (χ1n) is 7.82. The highest BCUT2D eigenvalue weighted by molar-refractivity contribution is 5.54. The lowest BCUT2D eigenvalue weighted by Crippen LogP contribution is -2.05. The Morgan fingerprint density at radius 2 is 1.61 bits per heavy atom. The summed E-state index contributed by atoms with van der Waals surface area (Å²) < 4.78 is 22.1. The lowest BCUT2D eigenvalue weighted by molar-refractivity contribution is 0.174. The number of methoxy groups -OCH3 is 1. The van der Waals surface area contributed by atoms with Crippen molar-refractivity contribution in [1.82, 2.24) is 0 Å². The van der Waals surface area contributed by atoms with Crippen LogP contribution in [0.15, 0.2) is 36.4 Å². The molecule has 23 heavy (non-hydrogen) atoms. The Kier molecular flexibility index (Phi) is 4.33. The monoisotopic (exact) mass is 314 g/mol. The summed E-state index contributed by atoms with van der Waals surface area (Å²) in [5.74, 6) is 3.37. The van der Waals surface area contributed by atoms with Crippen LogP contribution in [0, 0.1) is 0 Å². The van der Waals surface area contributed by atoms with E-state index < -0.39 is 0 Å². The van der Waals surface area contributed by atoms with Crippen LogP contribution in [0.1, 0.15) is 37.8 Å². The van der Waals surface area contributed by atoms with Crippen LogP contribution in [-0.2, 0) is 0 Å². The van der Waals surface area contributed by atoms with Crippen molar-refractivity contribution in [1.29, 1.82) is 0 Å². The van der Waals surface area contributed by atoms with Crippen LogP contribution >= 0.6 is 0 Å². The molecule has 0 radical (unpaired) electrons. The van der Waals surface area contributed by atoms with E-state index >= 15 is 0 Å². The van der Waals surface area contributed by atoms with Crippen molar-refractivity contribution < 1.29 is 18.9 Å². The third-order valence-electron chi connectivity index (χ3n) is 3.94. The first-order valence-corrected chi connectivity index (χ1v) is 7.82. The summed E-state index contributed by atoms with van der Waals surface area (Å²) in [6.45, 7) is 6.46. The van der Waals surface area contributed by atoms with Gasteiger partial charge in [-0.2, -0.15) is 0 Å². The predicted octanol–water partition coefficient (Wildman–Crippen LogP) is 4.36. The topological polar surface area (TPSA) is 36.9 Å². The van der Waals surface area contributed by atoms with Crippen molar-refractivity contribution in [3.8, 4) is 23.0 Å². The average molecular weight is 314 g/mol. The molecule has 122 valence electrons. The average Bonchev–Trinajstić information content (AvgIpc) is 3.00. The normalized spacial score (nSPS) is 14.0. The maximum Gasteiger partial charge on any atom is 0.231 e. The van der Waals surface area contributed by atoms with Crippen LogP contribution in [0.2, 0.25) is 0 Å². The number of hydrogen-bond donors (Lipinski definition) is 0. The van der Waals surface area contributed by atoms with Crippen LogP contribution in [0.25, 0.3) is 0 Å². The van der Waals surface area contributed by atoms with Crippen molar-refractivity contribution in [2.24, 2.45) is 0 Å². The molecule has 1 aliphatic heterocycles. The van der Waals surface area contributed by atoms with Crippen LogP contribution in [0.4, 0.5) is 0 Å². The van der Waals surface area contributed by atoms with E-state index in [1.54, 1.807) is 7.11 Å². The molecule has 1 heterocycles. The van der Waals surface area contributed by atoms with Crippen molar-refractivity contribution in [3.05, 3.63) is 47.5 Å². The molecule has 3 rings (SSSR count). The maximum absolute atomic E-state index is 5.70. The van der Waals surface area contributed by atoms with Crippen LogP contribution in [0.5, 0.6) is 23.0 Å². The summed E-state index contributed by atoms with van der Waals surface area (Å²) >= 11 is 0. The minimum absolute atomic E-state index is 0.173. The molecule has 0 unspecified atom stereocenters. The fourth-order valence-electron chi connectivity index (χ4n) is 2.74. The molecule has 2 aromatic carbocycles. The zero-order valence-corrected chi connectivity index (χ0v) is 14.0. The molecule has 0 saturated carbocycles. The van der Waals surface area contributed by atoms with Crippen molar-refractivity contribution in [2.45, 2.75) is 32.8 Å². The van der Waals surface area contributed by atoms with Crippen molar-refractivity contribution in [2.75, 3.05) is 13.9 Å². The van der Waals surface area contributed by atoms with Gasteiger partial charge in [0.2, 0.25) is 6.79 Å². The highest BCUT2D eigenvalue weighted by Gasteiger charge is 2.21. The van der Waals surface area contributed by atoms with Crippen LogP contribution in [0.3, 0.4) is 0 Å². The Bertz CT molecular complexity index is 677. The molecule has 0 spiro atoms. The molecule has 0 bridgehead atoms. The number of fused-ring (bicyclic) bond motifs is 1. The van der Waals surface area contributed by atoms with E-state index in [9.17, 15) is 0 Å². The summed E-state index contributed by atoms with van der Waals surface area (Å²) in [5.41, 5.74) is 2.27. The molecule has 1 atom stereocenters. The quantitative estimate of drug-likeness (QED) is 0.821. The smallest absolute Gasteiger partial charge is 0.231 e. The molecule has 1 aliphatic rings. The number of hydrogen-bond acceptors (Lipinski definition) is 4. The minimum atomic E-state index is 0.173. The zero-order chi connectivity index (χ0) is 16.4. The third kappa shape index (κ3) is 3.21. The second-order valence-corrected chi connectivity index (χ2v) is 5.90. The van der Waals surface area contributed by atoms with E-state index in [4.69, 9.17) is 18.9 Å². The SMILES string of the molecule is COc1cc2c(cc1[C@H](C)c1ccc(OC(C)C)cc1)OCO2. The Balaban J connectivity index is 1.89. The first-order chi connectivity index (χ1) is 11.1. The van der Waals surface area contributed by atoms with Gasteiger partial charge >= 0.3 is 0 Å². The van der Waals surface area contributed by atoms with Gasteiger partial charge in [-0.1, -0.05) is 19.1 Å². The Hall–Kier alpha value is -2.36. The molecule has 0 aromatic heterocycles. The predicted molar refractivity (Wildman–Crippen MR) is 88.8 cm³/mol. The van der Waals surface area contributed by atoms with Gasteiger partial charge in [-0.3, -0.25) is 0 Å². The Labute approximate surface area is 136 Å². The molecule has 0 saturated heterocycles. The molecular weight excluding hydrogens is 292 g/mol. The summed E-state index contributed by atoms with van der Waals surface area (Å²) in [6.07, 6.45) is 0.173. The van der Waals surface area contributed by atoms with Gasteiger partial charge in [-0.05, 0) is 37.6 Å². The molecule has 0 amide bonds. The summed E-state index contributed by atoms with van der Waals surface area (Å²) in [6, 6.07) is 12.1. The van der Waals surface area contributed by atoms with E-state index in [1.165, 1.54) is 5.56 Å². The Morgan fingerprint density at radius 3 is 2.22 bits per heavy atom. The van der Waals surface area contributed by atoms with Gasteiger partial charge in [0.1, 0.15) is 11.5 Å². The minimum Gasteiger partial charge on any atom is -0.496 e. The van der Waals surface area contributed by atoms with E-state index in [2.05, 4.69) is 19.1 Å². The third-order valence-corrected chi connectivity index (χ3v) is 3.94. The molecule has 4 nitrogen and oxygen atoms in total. The lowest BCUT2D eigenvalue weighted by Gasteiger charge is -2.18. The molecule has 2 aromatic rings. The number of ether oxygens (including phenoxy) is 4. The van der Waals surface area contributed by atoms with Gasteiger partial charge in [0.05, 0.1) is 13.2 Å². The Morgan fingerprint density at radius 1 is 0.957 bits per heavy atom. The number of rotatable bonds is 5. The first kappa shape index (κ1) is 15.5. The second-order valence-electron chi connectivity index (χ2n) is 5.90. The largest absolute Gasteiger partial charge is 0.496 e. The van der Waals surface area contributed by atoms with Crippen molar-refractivity contribution >= 4 is 0 Å². The summed E-state index contributed by atoms with van der Waals surface area (Å²) in [7, 11) is 1.67. The zero-order valence-electron chi connectivity index (χ0n) is 14.0. The van der Waals surface area contributed by atoms with Crippen LogP contribution < -0.4 is 18.9 Å². The molecular formula is C19H22O4. The summed E-state index contributed by atoms with van der Waals surface area (Å²) in [5, 5.41) is 0. The molecule has 0 aliphatic carbocycles. The van der Waals surface area contributed by atoms with Gasteiger partial charge < -0.3 is 18.9 Å². The van der Waals surface area contributed by atoms with E-state index in [-0.39, 0.29) is 18.8 Å². The van der Waals surface area contributed by atoms with Gasteiger partial charge in [-0.15, -0.1) is 0 Å². The molecule has 0 N–H and O–H groups in total. The van der Waals surface area contributed by atoms with Gasteiger partial charge in [0, 0.05) is 17.5 Å². The molecule has 0 fully saturated rings. The highest BCUT2D eigenvalue weighted by Crippen LogP contribution is 2.42. The van der Waals surface area contributed by atoms with E-state index in [0.717, 1.165) is 28.6 Å². The number of benzene rings is 2. The van der Waals surface area contributed by atoms with E-state index in [0.29, 0.717) is 0 Å². The van der Waals surface area contributed by atoms with E-state index in [1.807, 2.05) is 38.1 Å². The lowest BCUT2D eigenvalue weighted by atomic mass is 9.92. The maximum atomic E-state index is 5.70. The van der Waals surface area contributed by atoms with Gasteiger partial charge in [-0.25, -0.2) is 0 Å². The highest BCUT2D eigenvalue weighted by atomic mass is 16.7. The fourth-order valence-corrected chi connectivity index (χ4v) is 2.74. The van der Waals surface area contributed by atoms with Crippen LogP contribution in [-0.4, -0.2) is 20.0 Å². The molecule has 4 heteroatoms. The second kappa shape index (κ2) is 6.41.